The minimum atomic E-state index is -0.916. The van der Waals surface area contributed by atoms with Crippen molar-refractivity contribution in [3.8, 4) is 0 Å². The van der Waals surface area contributed by atoms with Gasteiger partial charge in [-0.15, -0.1) is 0 Å². The van der Waals surface area contributed by atoms with Gasteiger partial charge in [0.1, 0.15) is 12.6 Å². The van der Waals surface area contributed by atoms with Crippen LogP contribution in [0.5, 0.6) is 0 Å². The second-order valence-electron chi connectivity index (χ2n) is 15.4. The van der Waals surface area contributed by atoms with Crippen LogP contribution in [0.25, 0.3) is 0 Å². The topological polar surface area (TPSA) is 167 Å². The second-order valence-corrected chi connectivity index (χ2v) is 15.4. The molecular weight excluding hydrogens is 729 g/mol. The SMILES string of the molecule is CCC(C)C(C(CC(=O)N1CCC[C@H]1CC(C)C(=O)NCCc1ccccc1)OC)N(C)C(=O)CNC(=O)C(C(C)C)N(C)C(=O)OCc1ccc(NC=O)cc1. The zero-order valence-electron chi connectivity index (χ0n) is 35.0. The maximum absolute atomic E-state index is 13.9. The maximum Gasteiger partial charge on any atom is 0.410 e. The Morgan fingerprint density at radius 1 is 0.912 bits per heavy atom. The Morgan fingerprint density at radius 3 is 2.21 bits per heavy atom. The first kappa shape index (κ1) is 46.4. The molecule has 3 N–H and O–H groups in total. The van der Waals surface area contributed by atoms with E-state index in [9.17, 15) is 28.8 Å². The number of ether oxygens (including phenoxy) is 2. The molecule has 5 unspecified atom stereocenters. The van der Waals surface area contributed by atoms with Gasteiger partial charge in [-0.3, -0.25) is 28.9 Å². The van der Waals surface area contributed by atoms with E-state index in [0.29, 0.717) is 43.6 Å². The van der Waals surface area contributed by atoms with Gasteiger partial charge in [0.05, 0.1) is 25.1 Å². The Hall–Kier alpha value is -4.98. The lowest BCUT2D eigenvalue weighted by atomic mass is 9.90. The summed E-state index contributed by atoms with van der Waals surface area (Å²) in [7, 11) is 4.67. The van der Waals surface area contributed by atoms with Crippen molar-refractivity contribution < 1.29 is 38.2 Å². The number of anilines is 1. The first-order valence-electron chi connectivity index (χ1n) is 20.1. The zero-order valence-corrected chi connectivity index (χ0v) is 35.0. The summed E-state index contributed by atoms with van der Waals surface area (Å²) < 4.78 is 11.4. The highest BCUT2D eigenvalue weighted by Gasteiger charge is 2.38. The third-order valence-corrected chi connectivity index (χ3v) is 11.0. The number of likely N-dealkylation sites (N-methyl/N-ethyl adjacent to an activating group) is 2. The van der Waals surface area contributed by atoms with Crippen molar-refractivity contribution in [2.24, 2.45) is 17.8 Å². The molecule has 0 saturated carbocycles. The van der Waals surface area contributed by atoms with Crippen LogP contribution in [0.3, 0.4) is 0 Å². The molecule has 0 radical (unpaired) electrons. The van der Waals surface area contributed by atoms with E-state index in [1.165, 1.54) is 11.9 Å². The highest BCUT2D eigenvalue weighted by Crippen LogP contribution is 2.28. The van der Waals surface area contributed by atoms with Gasteiger partial charge in [0.2, 0.25) is 30.0 Å². The van der Waals surface area contributed by atoms with Crippen LogP contribution >= 0.6 is 0 Å². The van der Waals surface area contributed by atoms with Crippen LogP contribution in [0.4, 0.5) is 10.5 Å². The minimum absolute atomic E-state index is 0.0246. The normalized spacial score (nSPS) is 16.4. The van der Waals surface area contributed by atoms with Crippen molar-refractivity contribution >= 4 is 41.8 Å². The number of methoxy groups -OCH3 is 1. The van der Waals surface area contributed by atoms with Gasteiger partial charge in [0.25, 0.3) is 0 Å². The smallest absolute Gasteiger partial charge is 0.410 e. The minimum Gasteiger partial charge on any atom is -0.445 e. The number of rotatable bonds is 22. The van der Waals surface area contributed by atoms with Gasteiger partial charge < -0.3 is 35.2 Å². The van der Waals surface area contributed by atoms with E-state index in [4.69, 9.17) is 9.47 Å². The molecule has 1 aliphatic rings. The predicted octanol–water partition coefficient (Wildman–Crippen LogP) is 4.62. The third-order valence-electron chi connectivity index (χ3n) is 11.0. The second kappa shape index (κ2) is 23.3. The van der Waals surface area contributed by atoms with E-state index in [1.807, 2.05) is 56.0 Å². The lowest BCUT2D eigenvalue weighted by Gasteiger charge is -2.38. The molecule has 0 aromatic heterocycles. The molecule has 6 amide bonds. The maximum atomic E-state index is 13.9. The van der Waals surface area contributed by atoms with Crippen molar-refractivity contribution in [3.63, 3.8) is 0 Å². The number of hydrogen-bond acceptors (Lipinski definition) is 8. The highest BCUT2D eigenvalue weighted by atomic mass is 16.6. The van der Waals surface area contributed by atoms with Crippen molar-refractivity contribution in [2.75, 3.05) is 46.2 Å². The van der Waals surface area contributed by atoms with Crippen molar-refractivity contribution in [2.45, 2.75) is 104 Å². The molecule has 0 spiro atoms. The summed E-state index contributed by atoms with van der Waals surface area (Å²) in [5.41, 5.74) is 2.46. The van der Waals surface area contributed by atoms with Crippen LogP contribution in [0.2, 0.25) is 0 Å². The fraction of sp³-hybridized carbons (Fsp3) is 0.581. The number of carbonyl (C=O) groups is 6. The highest BCUT2D eigenvalue weighted by molar-refractivity contribution is 5.89. The van der Waals surface area contributed by atoms with Crippen molar-refractivity contribution in [1.82, 2.24) is 25.3 Å². The van der Waals surface area contributed by atoms with E-state index in [-0.39, 0.29) is 61.1 Å². The number of nitrogens with one attached hydrogen (secondary N) is 3. The van der Waals surface area contributed by atoms with Crippen molar-refractivity contribution in [3.05, 3.63) is 65.7 Å². The Kier molecular flexibility index (Phi) is 19.0. The van der Waals surface area contributed by atoms with Gasteiger partial charge in [0, 0.05) is 51.9 Å². The molecule has 0 bridgehead atoms. The van der Waals surface area contributed by atoms with Gasteiger partial charge >= 0.3 is 6.09 Å². The Labute approximate surface area is 338 Å². The van der Waals surface area contributed by atoms with Gasteiger partial charge in [-0.05, 0) is 60.8 Å². The van der Waals surface area contributed by atoms with E-state index >= 15 is 0 Å². The summed E-state index contributed by atoms with van der Waals surface area (Å²) in [6.07, 6.45) is 3.01. The zero-order chi connectivity index (χ0) is 42.1. The van der Waals surface area contributed by atoms with Crippen LogP contribution in [-0.4, -0.2) is 116 Å². The number of amides is 6. The predicted molar refractivity (Wildman–Crippen MR) is 219 cm³/mol. The number of benzene rings is 2. The Morgan fingerprint density at radius 2 is 1.60 bits per heavy atom. The molecule has 1 saturated heterocycles. The number of nitrogens with zero attached hydrogens (tertiary/aromatic N) is 3. The van der Waals surface area contributed by atoms with E-state index in [1.54, 1.807) is 57.2 Å². The molecule has 14 nitrogen and oxygen atoms in total. The monoisotopic (exact) mass is 792 g/mol. The summed E-state index contributed by atoms with van der Waals surface area (Å²) in [5, 5.41) is 8.30. The number of likely N-dealkylation sites (tertiary alicyclic amines) is 1. The molecule has 0 aliphatic carbocycles. The molecule has 14 heteroatoms. The van der Waals surface area contributed by atoms with Crippen LogP contribution in [0.15, 0.2) is 54.6 Å². The van der Waals surface area contributed by atoms with Crippen LogP contribution < -0.4 is 16.0 Å². The average molecular weight is 793 g/mol. The number of carbonyl (C=O) groups excluding carboxylic acids is 6. The molecule has 2 aromatic rings. The van der Waals surface area contributed by atoms with E-state index in [2.05, 4.69) is 16.0 Å². The van der Waals surface area contributed by atoms with Gasteiger partial charge in [0.15, 0.2) is 0 Å². The summed E-state index contributed by atoms with van der Waals surface area (Å²) in [4.78, 5) is 82.3. The lowest BCUT2D eigenvalue weighted by Crippen LogP contribution is -2.55. The molecule has 57 heavy (non-hydrogen) atoms. The molecule has 1 aliphatic heterocycles. The van der Waals surface area contributed by atoms with Crippen LogP contribution in [-0.2, 0) is 46.5 Å². The Balaban J connectivity index is 1.57. The van der Waals surface area contributed by atoms with E-state index < -0.39 is 30.2 Å². The summed E-state index contributed by atoms with van der Waals surface area (Å²) >= 11 is 0. The standard InChI is InChI=1S/C43H64N6O8/c1-9-30(4)40(36(56-8)25-37(51)49-23-13-16-35(49)24-31(5)41(53)44-22-21-32-14-11-10-12-15-32)47(6)38(52)26-45-42(54)39(29(2)3)48(7)43(55)57-27-33-17-19-34(20-18-33)46-28-50/h10-12,14-15,17-20,28-31,35-36,39-40H,9,13,16,21-27H2,1-8H3,(H,44,53)(H,45,54)(H,46,50)/t30?,31?,35-,36?,39?,40?/m0/s1. The first-order chi connectivity index (χ1) is 27.2. The number of hydrogen-bond donors (Lipinski definition) is 3. The molecule has 6 atom stereocenters. The fourth-order valence-electron chi connectivity index (χ4n) is 7.55. The van der Waals surface area contributed by atoms with Gasteiger partial charge in [-0.1, -0.05) is 83.5 Å². The molecule has 1 fully saturated rings. The summed E-state index contributed by atoms with van der Waals surface area (Å²) in [5.74, 6) is -1.58. The van der Waals surface area contributed by atoms with Crippen LogP contribution in [0.1, 0.15) is 77.8 Å². The summed E-state index contributed by atoms with van der Waals surface area (Å²) in [6, 6.07) is 15.3. The average Bonchev–Trinajstić information content (AvgIpc) is 3.67. The molecule has 314 valence electrons. The largest absolute Gasteiger partial charge is 0.445 e. The van der Waals surface area contributed by atoms with E-state index in [0.717, 1.165) is 24.8 Å². The molecular formula is C43H64N6O8. The fourth-order valence-corrected chi connectivity index (χ4v) is 7.55. The van der Waals surface area contributed by atoms with Crippen LogP contribution in [0, 0.1) is 17.8 Å². The molecule has 3 rings (SSSR count). The van der Waals surface area contributed by atoms with Gasteiger partial charge in [-0.2, -0.15) is 0 Å². The Bertz CT molecular complexity index is 1610. The summed E-state index contributed by atoms with van der Waals surface area (Å²) in [6.45, 7) is 10.3. The molecule has 2 aromatic carbocycles. The lowest BCUT2D eigenvalue weighted by molar-refractivity contribution is -0.143. The van der Waals surface area contributed by atoms with Crippen molar-refractivity contribution in [1.29, 1.82) is 0 Å². The first-order valence-corrected chi connectivity index (χ1v) is 20.1. The van der Waals surface area contributed by atoms with Gasteiger partial charge in [-0.25, -0.2) is 4.79 Å². The quantitative estimate of drug-likeness (QED) is 0.145. The third kappa shape index (κ3) is 13.9. The molecule has 1 heterocycles.